The van der Waals surface area contributed by atoms with Crippen molar-refractivity contribution in [1.82, 2.24) is 15.6 Å². The number of nitrogens with one attached hydrogen (secondary N) is 2. The van der Waals surface area contributed by atoms with Crippen LogP contribution in [0.15, 0.2) is 24.5 Å². The van der Waals surface area contributed by atoms with E-state index in [9.17, 15) is 14.7 Å². The lowest BCUT2D eigenvalue weighted by Crippen LogP contribution is -2.51. The quantitative estimate of drug-likeness (QED) is 0.672. The number of hydrogen-bond donors (Lipinski definition) is 3. The average Bonchev–Trinajstić information content (AvgIpc) is 3.48. The first-order valence-corrected chi connectivity index (χ1v) is 8.92. The summed E-state index contributed by atoms with van der Waals surface area (Å²) in [6, 6.07) is 3.08. The lowest BCUT2D eigenvalue weighted by atomic mass is 9.96. The second kappa shape index (κ2) is 8.40. The average molecular weight is 347 g/mol. The highest BCUT2D eigenvalue weighted by atomic mass is 16.5. The summed E-state index contributed by atoms with van der Waals surface area (Å²) < 4.78 is 5.91. The normalized spacial score (nSPS) is 26.0. The molecule has 7 nitrogen and oxygen atoms in total. The fraction of sp³-hybridized carbons (Fsp3) is 0.611. The monoisotopic (exact) mass is 347 g/mol. The van der Waals surface area contributed by atoms with Crippen LogP contribution in [-0.4, -0.2) is 53.3 Å². The number of aromatic nitrogens is 1. The van der Waals surface area contributed by atoms with E-state index in [1.807, 2.05) is 0 Å². The minimum Gasteiger partial charge on any atom is -0.394 e. The van der Waals surface area contributed by atoms with Crippen molar-refractivity contribution in [2.75, 3.05) is 13.2 Å². The van der Waals surface area contributed by atoms with Gasteiger partial charge in [-0.15, -0.1) is 0 Å². The molecular weight excluding hydrogens is 322 g/mol. The Morgan fingerprint density at radius 3 is 2.64 bits per heavy atom. The van der Waals surface area contributed by atoms with Gasteiger partial charge < -0.3 is 20.5 Å². The Kier molecular flexibility index (Phi) is 5.99. The fourth-order valence-electron chi connectivity index (χ4n) is 3.11. The first-order chi connectivity index (χ1) is 12.2. The van der Waals surface area contributed by atoms with Crippen LogP contribution < -0.4 is 10.6 Å². The highest BCUT2D eigenvalue weighted by Crippen LogP contribution is 2.28. The van der Waals surface area contributed by atoms with Gasteiger partial charge in [-0.05, 0) is 44.2 Å². The summed E-state index contributed by atoms with van der Waals surface area (Å²) in [7, 11) is 0. The maximum absolute atomic E-state index is 12.2. The summed E-state index contributed by atoms with van der Waals surface area (Å²) in [5.74, 6) is 0.159. The smallest absolute Gasteiger partial charge is 0.251 e. The van der Waals surface area contributed by atoms with Gasteiger partial charge in [-0.1, -0.05) is 0 Å². The molecule has 1 aliphatic carbocycles. The van der Waals surface area contributed by atoms with Crippen LogP contribution in [0.4, 0.5) is 0 Å². The van der Waals surface area contributed by atoms with Gasteiger partial charge in [-0.25, -0.2) is 0 Å². The molecule has 0 unspecified atom stereocenters. The Morgan fingerprint density at radius 2 is 1.96 bits per heavy atom. The van der Waals surface area contributed by atoms with Crippen molar-refractivity contribution in [2.24, 2.45) is 5.92 Å². The third-order valence-electron chi connectivity index (χ3n) is 4.77. The standard InChI is InChI=1S/C18H25N3O4/c22-11-16-15(21-18(24)13-5-8-19-9-6-13)4-3-14(25-16)7-10-20-17(23)12-1-2-12/h5-6,8-9,12,14-16,22H,1-4,7,10-11H2,(H,20,23)(H,21,24)/t14-,15+,16+/m0/s1. The zero-order chi connectivity index (χ0) is 17.6. The Hall–Kier alpha value is -1.99. The van der Waals surface area contributed by atoms with E-state index in [4.69, 9.17) is 4.74 Å². The van der Waals surface area contributed by atoms with Gasteiger partial charge in [0.2, 0.25) is 5.91 Å². The summed E-state index contributed by atoms with van der Waals surface area (Å²) in [4.78, 5) is 27.8. The van der Waals surface area contributed by atoms with Crippen LogP contribution in [0.25, 0.3) is 0 Å². The molecule has 1 saturated heterocycles. The molecular formula is C18H25N3O4. The molecule has 0 radical (unpaired) electrons. The molecule has 2 fully saturated rings. The Bertz CT molecular complexity index is 591. The molecule has 1 aromatic heterocycles. The Balaban J connectivity index is 1.44. The van der Waals surface area contributed by atoms with Crippen LogP contribution in [0.1, 0.15) is 42.5 Å². The second-order valence-corrected chi connectivity index (χ2v) is 6.73. The number of carbonyl (C=O) groups is 2. The van der Waals surface area contributed by atoms with E-state index < -0.39 is 6.10 Å². The molecule has 3 rings (SSSR count). The molecule has 3 atom stereocenters. The number of carbonyl (C=O) groups excluding carboxylic acids is 2. The van der Waals surface area contributed by atoms with Gasteiger partial charge in [-0.3, -0.25) is 14.6 Å². The second-order valence-electron chi connectivity index (χ2n) is 6.73. The maximum atomic E-state index is 12.2. The molecule has 2 aliphatic rings. The van der Waals surface area contributed by atoms with E-state index >= 15 is 0 Å². The topological polar surface area (TPSA) is 101 Å². The highest BCUT2D eigenvalue weighted by Gasteiger charge is 2.33. The molecule has 1 aliphatic heterocycles. The van der Waals surface area contributed by atoms with Crippen molar-refractivity contribution in [3.8, 4) is 0 Å². The van der Waals surface area contributed by atoms with Gasteiger partial charge in [0.25, 0.3) is 5.91 Å². The number of pyridine rings is 1. The van der Waals surface area contributed by atoms with E-state index in [1.54, 1.807) is 24.5 Å². The van der Waals surface area contributed by atoms with Gasteiger partial charge in [-0.2, -0.15) is 0 Å². The Labute approximate surface area is 147 Å². The minimum absolute atomic E-state index is 0.00858. The predicted molar refractivity (Wildman–Crippen MR) is 90.8 cm³/mol. The van der Waals surface area contributed by atoms with E-state index in [0.717, 1.165) is 32.1 Å². The molecule has 1 saturated carbocycles. The molecule has 136 valence electrons. The molecule has 2 amide bonds. The number of aliphatic hydroxyl groups excluding tert-OH is 1. The molecule has 3 N–H and O–H groups in total. The highest BCUT2D eigenvalue weighted by molar-refractivity contribution is 5.94. The molecule has 0 spiro atoms. The third-order valence-corrected chi connectivity index (χ3v) is 4.77. The van der Waals surface area contributed by atoms with Crippen molar-refractivity contribution in [3.05, 3.63) is 30.1 Å². The summed E-state index contributed by atoms with van der Waals surface area (Å²) in [6.07, 6.45) is 6.95. The maximum Gasteiger partial charge on any atom is 0.251 e. The zero-order valence-electron chi connectivity index (χ0n) is 14.2. The van der Waals surface area contributed by atoms with Crippen LogP contribution >= 0.6 is 0 Å². The van der Waals surface area contributed by atoms with Crippen LogP contribution in [0.2, 0.25) is 0 Å². The number of aliphatic hydroxyl groups is 1. The van der Waals surface area contributed by atoms with Gasteiger partial charge in [0, 0.05) is 30.4 Å². The first kappa shape index (κ1) is 17.8. The van der Waals surface area contributed by atoms with Crippen LogP contribution in [-0.2, 0) is 9.53 Å². The minimum atomic E-state index is -0.427. The van der Waals surface area contributed by atoms with E-state index in [0.29, 0.717) is 12.1 Å². The lowest BCUT2D eigenvalue weighted by Gasteiger charge is -2.36. The number of hydrogen-bond acceptors (Lipinski definition) is 5. The molecule has 0 bridgehead atoms. The SMILES string of the molecule is O=C(N[C@@H]1CC[C@@H](CCNC(=O)C2CC2)O[C@@H]1CO)c1ccncc1. The van der Waals surface area contributed by atoms with Crippen LogP contribution in [0.5, 0.6) is 0 Å². The van der Waals surface area contributed by atoms with Gasteiger partial charge in [0.15, 0.2) is 0 Å². The number of ether oxygens (including phenoxy) is 1. The van der Waals surface area contributed by atoms with Crippen LogP contribution in [0, 0.1) is 5.92 Å². The molecule has 0 aromatic carbocycles. The van der Waals surface area contributed by atoms with Gasteiger partial charge >= 0.3 is 0 Å². The zero-order valence-corrected chi connectivity index (χ0v) is 14.2. The fourth-order valence-corrected chi connectivity index (χ4v) is 3.11. The van der Waals surface area contributed by atoms with Crippen molar-refractivity contribution in [3.63, 3.8) is 0 Å². The van der Waals surface area contributed by atoms with Crippen LogP contribution in [0.3, 0.4) is 0 Å². The largest absolute Gasteiger partial charge is 0.394 e. The number of nitrogens with zero attached hydrogens (tertiary/aromatic N) is 1. The van der Waals surface area contributed by atoms with Crippen molar-refractivity contribution in [1.29, 1.82) is 0 Å². The molecule has 25 heavy (non-hydrogen) atoms. The van der Waals surface area contributed by atoms with Crippen molar-refractivity contribution in [2.45, 2.75) is 50.4 Å². The van der Waals surface area contributed by atoms with E-state index in [-0.39, 0.29) is 36.5 Å². The molecule has 1 aromatic rings. The summed E-state index contributed by atoms with van der Waals surface area (Å²) in [5.41, 5.74) is 0.539. The molecule has 7 heteroatoms. The summed E-state index contributed by atoms with van der Waals surface area (Å²) >= 11 is 0. The number of amides is 2. The van der Waals surface area contributed by atoms with E-state index in [2.05, 4.69) is 15.6 Å². The predicted octanol–water partition coefficient (Wildman–Crippen LogP) is 0.636. The third kappa shape index (κ3) is 4.99. The van der Waals surface area contributed by atoms with Crippen molar-refractivity contribution >= 4 is 11.8 Å². The van der Waals surface area contributed by atoms with E-state index in [1.165, 1.54) is 0 Å². The molecule has 2 heterocycles. The Morgan fingerprint density at radius 1 is 1.20 bits per heavy atom. The van der Waals surface area contributed by atoms with Gasteiger partial charge in [0.05, 0.1) is 18.8 Å². The number of rotatable bonds is 7. The lowest BCUT2D eigenvalue weighted by molar-refractivity contribution is -0.122. The summed E-state index contributed by atoms with van der Waals surface area (Å²) in [5, 5.41) is 15.5. The van der Waals surface area contributed by atoms with Crippen molar-refractivity contribution < 1.29 is 19.4 Å². The first-order valence-electron chi connectivity index (χ1n) is 8.92. The van der Waals surface area contributed by atoms with Gasteiger partial charge in [0.1, 0.15) is 6.10 Å². The summed E-state index contributed by atoms with van der Waals surface area (Å²) in [6.45, 7) is 0.443.